The number of hydrogen-bond acceptors (Lipinski definition) is 5. The second-order valence-corrected chi connectivity index (χ2v) is 8.05. The average Bonchev–Trinajstić information content (AvgIpc) is 3.44. The Morgan fingerprint density at radius 3 is 2.71 bits per heavy atom. The fraction of sp³-hybridized carbons (Fsp3) is 0.591. The maximum atomic E-state index is 12.7. The average molecular weight is 383 g/mol. The van der Waals surface area contributed by atoms with Crippen LogP contribution in [-0.2, 0) is 4.79 Å². The second kappa shape index (κ2) is 8.76. The molecule has 2 aromatic rings. The summed E-state index contributed by atoms with van der Waals surface area (Å²) in [4.78, 5) is 19.3. The van der Waals surface area contributed by atoms with Crippen LogP contribution in [0.5, 0.6) is 5.75 Å². The van der Waals surface area contributed by atoms with E-state index < -0.39 is 0 Å². The SMILES string of the molecule is COc1ccc(-c2noc([C@@H]3CCCN(C(=O)CCC4CCCC4)C3)n2)cc1. The third-order valence-corrected chi connectivity index (χ3v) is 6.15. The summed E-state index contributed by atoms with van der Waals surface area (Å²) >= 11 is 0. The van der Waals surface area contributed by atoms with Gasteiger partial charge in [0, 0.05) is 25.1 Å². The zero-order chi connectivity index (χ0) is 19.3. The zero-order valence-electron chi connectivity index (χ0n) is 16.6. The molecule has 0 spiro atoms. The Kier molecular flexibility index (Phi) is 5.93. The van der Waals surface area contributed by atoms with E-state index in [2.05, 4.69) is 10.1 Å². The lowest BCUT2D eigenvalue weighted by atomic mass is 9.96. The highest BCUT2D eigenvalue weighted by Crippen LogP contribution is 2.31. The minimum Gasteiger partial charge on any atom is -0.497 e. The zero-order valence-corrected chi connectivity index (χ0v) is 16.6. The Hall–Kier alpha value is -2.37. The van der Waals surface area contributed by atoms with Crippen molar-refractivity contribution in [3.63, 3.8) is 0 Å². The van der Waals surface area contributed by atoms with E-state index in [-0.39, 0.29) is 11.8 Å². The summed E-state index contributed by atoms with van der Waals surface area (Å²) in [5.41, 5.74) is 0.899. The molecule has 150 valence electrons. The lowest BCUT2D eigenvalue weighted by Gasteiger charge is -2.31. The highest BCUT2D eigenvalue weighted by Gasteiger charge is 2.29. The molecular formula is C22H29N3O3. The van der Waals surface area contributed by atoms with Gasteiger partial charge in [0.1, 0.15) is 5.75 Å². The first-order valence-corrected chi connectivity index (χ1v) is 10.5. The number of rotatable bonds is 6. The van der Waals surface area contributed by atoms with Gasteiger partial charge in [-0.05, 0) is 49.4 Å². The van der Waals surface area contributed by atoms with Crippen LogP contribution in [0.25, 0.3) is 11.4 Å². The summed E-state index contributed by atoms with van der Waals surface area (Å²) in [6.07, 6.45) is 8.95. The van der Waals surface area contributed by atoms with Crippen molar-refractivity contribution in [3.05, 3.63) is 30.2 Å². The number of benzene rings is 1. The molecule has 1 saturated heterocycles. The molecule has 1 aliphatic carbocycles. The van der Waals surface area contributed by atoms with Crippen molar-refractivity contribution in [3.8, 4) is 17.1 Å². The minimum atomic E-state index is 0.128. The van der Waals surface area contributed by atoms with E-state index in [4.69, 9.17) is 9.26 Å². The van der Waals surface area contributed by atoms with Crippen molar-refractivity contribution in [1.82, 2.24) is 15.0 Å². The number of aromatic nitrogens is 2. The molecule has 0 N–H and O–H groups in total. The van der Waals surface area contributed by atoms with Crippen LogP contribution in [0.15, 0.2) is 28.8 Å². The van der Waals surface area contributed by atoms with Gasteiger partial charge in [-0.3, -0.25) is 4.79 Å². The van der Waals surface area contributed by atoms with Crippen molar-refractivity contribution >= 4 is 5.91 Å². The first-order valence-electron chi connectivity index (χ1n) is 10.5. The summed E-state index contributed by atoms with van der Waals surface area (Å²) in [5.74, 6) is 3.19. The van der Waals surface area contributed by atoms with E-state index in [9.17, 15) is 4.79 Å². The molecule has 1 saturated carbocycles. The normalized spacial score (nSPS) is 20.5. The van der Waals surface area contributed by atoms with Gasteiger partial charge in [0.15, 0.2) is 0 Å². The van der Waals surface area contributed by atoms with Crippen LogP contribution in [0.2, 0.25) is 0 Å². The number of carbonyl (C=O) groups is 1. The molecule has 6 heteroatoms. The predicted octanol–water partition coefficient (Wildman–Crippen LogP) is 4.42. The topological polar surface area (TPSA) is 68.5 Å². The van der Waals surface area contributed by atoms with Crippen LogP contribution in [-0.4, -0.2) is 41.1 Å². The van der Waals surface area contributed by atoms with Gasteiger partial charge < -0.3 is 14.2 Å². The Morgan fingerprint density at radius 2 is 1.96 bits per heavy atom. The van der Waals surface area contributed by atoms with E-state index in [0.717, 1.165) is 43.0 Å². The minimum absolute atomic E-state index is 0.128. The van der Waals surface area contributed by atoms with E-state index in [1.54, 1.807) is 7.11 Å². The van der Waals surface area contributed by atoms with Crippen molar-refractivity contribution in [2.75, 3.05) is 20.2 Å². The summed E-state index contributed by atoms with van der Waals surface area (Å²) in [6.45, 7) is 1.53. The van der Waals surface area contributed by atoms with E-state index >= 15 is 0 Å². The van der Waals surface area contributed by atoms with E-state index in [0.29, 0.717) is 24.7 Å². The van der Waals surface area contributed by atoms with Gasteiger partial charge in [-0.1, -0.05) is 30.8 Å². The van der Waals surface area contributed by atoms with Crippen LogP contribution in [0.1, 0.15) is 63.2 Å². The molecule has 0 bridgehead atoms. The molecule has 1 amide bonds. The van der Waals surface area contributed by atoms with Crippen molar-refractivity contribution in [2.45, 2.75) is 57.3 Å². The summed E-state index contributed by atoms with van der Waals surface area (Å²) in [7, 11) is 1.64. The number of methoxy groups -OCH3 is 1. The van der Waals surface area contributed by atoms with E-state index in [1.165, 1.54) is 25.7 Å². The van der Waals surface area contributed by atoms with Gasteiger partial charge in [0.25, 0.3) is 0 Å². The third kappa shape index (κ3) is 4.37. The van der Waals surface area contributed by atoms with E-state index in [1.807, 2.05) is 29.2 Å². The Bertz CT molecular complexity index is 781. The fourth-order valence-electron chi connectivity index (χ4n) is 4.45. The second-order valence-electron chi connectivity index (χ2n) is 8.05. The number of hydrogen-bond donors (Lipinski definition) is 0. The van der Waals surface area contributed by atoms with Crippen LogP contribution < -0.4 is 4.74 Å². The van der Waals surface area contributed by atoms with Crippen LogP contribution in [0.3, 0.4) is 0 Å². The molecule has 2 aliphatic rings. The van der Waals surface area contributed by atoms with Crippen LogP contribution in [0, 0.1) is 5.92 Å². The van der Waals surface area contributed by atoms with Gasteiger partial charge in [-0.15, -0.1) is 0 Å². The maximum absolute atomic E-state index is 12.7. The van der Waals surface area contributed by atoms with Gasteiger partial charge >= 0.3 is 0 Å². The van der Waals surface area contributed by atoms with Crippen LogP contribution >= 0.6 is 0 Å². The molecule has 1 aromatic heterocycles. The van der Waals surface area contributed by atoms with Gasteiger partial charge in [0.2, 0.25) is 17.6 Å². The molecule has 2 heterocycles. The summed E-state index contributed by atoms with van der Waals surface area (Å²) < 4.78 is 10.7. The van der Waals surface area contributed by atoms with Crippen molar-refractivity contribution < 1.29 is 14.1 Å². The smallest absolute Gasteiger partial charge is 0.231 e. The first kappa shape index (κ1) is 19.0. The number of piperidine rings is 1. The first-order chi connectivity index (χ1) is 13.7. The van der Waals surface area contributed by atoms with Gasteiger partial charge in [-0.25, -0.2) is 0 Å². The molecule has 4 rings (SSSR count). The quantitative estimate of drug-likeness (QED) is 0.738. The predicted molar refractivity (Wildman–Crippen MR) is 106 cm³/mol. The van der Waals surface area contributed by atoms with Gasteiger partial charge in [0.05, 0.1) is 13.0 Å². The molecule has 28 heavy (non-hydrogen) atoms. The van der Waals surface area contributed by atoms with Crippen molar-refractivity contribution in [1.29, 1.82) is 0 Å². The number of ether oxygens (including phenoxy) is 1. The summed E-state index contributed by atoms with van der Waals surface area (Å²) in [5, 5.41) is 4.15. The Morgan fingerprint density at radius 1 is 1.18 bits per heavy atom. The number of likely N-dealkylation sites (tertiary alicyclic amines) is 1. The highest BCUT2D eigenvalue weighted by molar-refractivity contribution is 5.76. The summed E-state index contributed by atoms with van der Waals surface area (Å²) in [6, 6.07) is 7.62. The molecular weight excluding hydrogens is 354 g/mol. The maximum Gasteiger partial charge on any atom is 0.231 e. The molecule has 1 aliphatic heterocycles. The van der Waals surface area contributed by atoms with Crippen molar-refractivity contribution in [2.24, 2.45) is 5.92 Å². The number of carbonyl (C=O) groups excluding carboxylic acids is 1. The Balaban J connectivity index is 1.36. The molecule has 6 nitrogen and oxygen atoms in total. The highest BCUT2D eigenvalue weighted by atomic mass is 16.5. The lowest BCUT2D eigenvalue weighted by molar-refractivity contribution is -0.132. The molecule has 2 fully saturated rings. The molecule has 0 unspecified atom stereocenters. The number of nitrogens with zero attached hydrogens (tertiary/aromatic N) is 3. The monoisotopic (exact) mass is 383 g/mol. The largest absolute Gasteiger partial charge is 0.497 e. The molecule has 1 aromatic carbocycles. The standard InChI is InChI=1S/C22H29N3O3/c1-27-19-11-9-17(10-12-19)21-23-22(28-24-21)18-7-4-14-25(15-18)20(26)13-8-16-5-2-3-6-16/h9-12,16,18H,2-8,13-15H2,1H3/t18-/m1/s1. The fourth-order valence-corrected chi connectivity index (χ4v) is 4.45. The number of amides is 1. The lowest BCUT2D eigenvalue weighted by Crippen LogP contribution is -2.39. The third-order valence-electron chi connectivity index (χ3n) is 6.15. The molecule has 1 atom stereocenters. The van der Waals surface area contributed by atoms with Gasteiger partial charge in [-0.2, -0.15) is 4.98 Å². The Labute approximate surface area is 166 Å². The molecule has 0 radical (unpaired) electrons. The van der Waals surface area contributed by atoms with Crippen LogP contribution in [0.4, 0.5) is 0 Å².